The molecule has 0 aliphatic carbocycles. The van der Waals surface area contributed by atoms with E-state index in [2.05, 4.69) is 27.1 Å². The number of piperidine rings is 1. The summed E-state index contributed by atoms with van der Waals surface area (Å²) in [5.74, 6) is 0.477. The Morgan fingerprint density at radius 2 is 1.69 bits per heavy atom. The third kappa shape index (κ3) is 7.82. The molecule has 2 aliphatic rings. The lowest BCUT2D eigenvalue weighted by atomic mass is 9.99. The molecule has 11 heteroatoms. The smallest absolute Gasteiger partial charge is 0.416 e. The van der Waals surface area contributed by atoms with Gasteiger partial charge in [-0.05, 0) is 60.7 Å². The van der Waals surface area contributed by atoms with Crippen molar-refractivity contribution in [3.63, 3.8) is 0 Å². The highest BCUT2D eigenvalue weighted by Gasteiger charge is 2.24. The average Bonchev–Trinajstić information content (AvgIpc) is 2.99. The van der Waals surface area contributed by atoms with Crippen molar-refractivity contribution in [2.45, 2.75) is 32.7 Å². The van der Waals surface area contributed by atoms with E-state index in [0.29, 0.717) is 43.0 Å². The largest absolute Gasteiger partial charge is 0.481 e. The number of aromatic nitrogens is 2. The van der Waals surface area contributed by atoms with Gasteiger partial charge in [0.25, 0.3) is 5.91 Å². The first-order valence-electron chi connectivity index (χ1n) is 14.3. The number of amides is 2. The number of anilines is 2. The summed E-state index contributed by atoms with van der Waals surface area (Å²) in [6.07, 6.45) is 4.99. The van der Waals surface area contributed by atoms with Gasteiger partial charge in [0.15, 0.2) is 0 Å². The van der Waals surface area contributed by atoms with E-state index >= 15 is 0 Å². The number of rotatable bonds is 8. The van der Waals surface area contributed by atoms with Crippen molar-refractivity contribution < 1.29 is 24.2 Å². The van der Waals surface area contributed by atoms with E-state index in [9.17, 15) is 14.4 Å². The zero-order valence-corrected chi connectivity index (χ0v) is 23.7. The molecule has 0 radical (unpaired) electrons. The van der Waals surface area contributed by atoms with Gasteiger partial charge in [-0.2, -0.15) is 0 Å². The van der Waals surface area contributed by atoms with Gasteiger partial charge in [-0.25, -0.2) is 14.8 Å². The first kappa shape index (κ1) is 29.0. The van der Waals surface area contributed by atoms with Crippen molar-refractivity contribution in [3.05, 3.63) is 77.6 Å². The zero-order chi connectivity index (χ0) is 29.5. The number of carboxylic acid groups (broad SMARTS) is 1. The monoisotopic (exact) mass is 572 g/mol. The summed E-state index contributed by atoms with van der Waals surface area (Å²) in [6, 6.07) is 14.4. The minimum Gasteiger partial charge on any atom is -0.481 e. The van der Waals surface area contributed by atoms with Gasteiger partial charge in [-0.1, -0.05) is 25.1 Å². The molecule has 0 bridgehead atoms. The molecule has 2 aromatic heterocycles. The fourth-order valence-electron chi connectivity index (χ4n) is 5.32. The summed E-state index contributed by atoms with van der Waals surface area (Å²) >= 11 is 0. The van der Waals surface area contributed by atoms with Crippen LogP contribution in [0.5, 0.6) is 5.88 Å². The highest BCUT2D eigenvalue weighted by atomic mass is 16.6. The second-order valence-electron chi connectivity index (χ2n) is 11.0. The maximum atomic E-state index is 12.7. The van der Waals surface area contributed by atoms with E-state index in [0.717, 1.165) is 31.4 Å². The van der Waals surface area contributed by atoms with Gasteiger partial charge >= 0.3 is 12.1 Å². The van der Waals surface area contributed by atoms with Crippen LogP contribution < -0.4 is 15.0 Å². The van der Waals surface area contributed by atoms with E-state index < -0.39 is 12.1 Å². The molecule has 2 aliphatic heterocycles. The molecule has 11 nitrogen and oxygen atoms in total. The molecule has 5 rings (SSSR count). The van der Waals surface area contributed by atoms with Crippen LogP contribution in [0.4, 0.5) is 16.3 Å². The van der Waals surface area contributed by atoms with Gasteiger partial charge in [0.1, 0.15) is 5.82 Å². The summed E-state index contributed by atoms with van der Waals surface area (Å²) in [7, 11) is 0. The summed E-state index contributed by atoms with van der Waals surface area (Å²) in [5.41, 5.74) is 2.89. The second kappa shape index (κ2) is 13.4. The van der Waals surface area contributed by atoms with Gasteiger partial charge in [0.05, 0.1) is 18.3 Å². The molecule has 1 aromatic carbocycles. The molecule has 42 heavy (non-hydrogen) atoms. The summed E-state index contributed by atoms with van der Waals surface area (Å²) in [4.78, 5) is 50.9. The quantitative estimate of drug-likeness (QED) is 0.413. The predicted molar refractivity (Wildman–Crippen MR) is 158 cm³/mol. The fraction of sp³-hybridized carbons (Fsp3) is 0.387. The lowest BCUT2D eigenvalue weighted by Crippen LogP contribution is -2.49. The number of nitrogens with one attached hydrogen (secondary N) is 1. The standard InChI is InChI=1S/C31H36N6O5/c1-22-3-2-12-35(20-22)21-23-4-7-25(8-5-23)30(40)34-26-9-11-28(33-19-26)42-31(41)37-15-13-36(14-16-37)27-10-6-24(18-32-27)17-29(38)39/h4-11,18-19,22H,2-3,12-17,20-21H2,1H3,(H,34,40)(H,38,39). The van der Waals surface area contributed by atoms with Gasteiger partial charge < -0.3 is 25.0 Å². The molecule has 2 N–H and O–H groups in total. The maximum Gasteiger partial charge on any atom is 0.416 e. The lowest BCUT2D eigenvalue weighted by Gasteiger charge is -2.34. The Kier molecular flexibility index (Phi) is 9.28. The Bertz CT molecular complexity index is 1370. The second-order valence-corrected chi connectivity index (χ2v) is 11.0. The first-order chi connectivity index (χ1) is 20.3. The van der Waals surface area contributed by atoms with Crippen molar-refractivity contribution in [2.24, 2.45) is 5.92 Å². The number of carbonyl (C=O) groups excluding carboxylic acids is 2. The lowest BCUT2D eigenvalue weighted by molar-refractivity contribution is -0.136. The summed E-state index contributed by atoms with van der Waals surface area (Å²) in [5, 5.41) is 11.7. The van der Waals surface area contributed by atoms with Crippen LogP contribution in [0.25, 0.3) is 0 Å². The molecular formula is C31H36N6O5. The number of likely N-dealkylation sites (tertiary alicyclic amines) is 1. The van der Waals surface area contributed by atoms with Gasteiger partial charge in [0.2, 0.25) is 5.88 Å². The van der Waals surface area contributed by atoms with Crippen LogP contribution in [-0.2, 0) is 17.8 Å². The molecule has 1 atom stereocenters. The molecule has 2 fully saturated rings. The Hall–Kier alpha value is -4.51. The first-order valence-corrected chi connectivity index (χ1v) is 14.3. The van der Waals surface area contributed by atoms with E-state index in [1.54, 1.807) is 35.4 Å². The number of benzene rings is 1. The Morgan fingerprint density at radius 3 is 2.33 bits per heavy atom. The van der Waals surface area contributed by atoms with E-state index in [-0.39, 0.29) is 18.2 Å². The molecule has 220 valence electrons. The van der Waals surface area contributed by atoms with E-state index in [1.165, 1.54) is 24.6 Å². The topological polar surface area (TPSA) is 128 Å². The number of hydrogen-bond acceptors (Lipinski definition) is 8. The molecule has 1 unspecified atom stereocenters. The molecule has 0 saturated carbocycles. The van der Waals surface area contributed by atoms with Gasteiger partial charge in [0, 0.05) is 57.1 Å². The number of ether oxygens (including phenoxy) is 1. The van der Waals surface area contributed by atoms with Crippen molar-refractivity contribution in [3.8, 4) is 5.88 Å². The van der Waals surface area contributed by atoms with Crippen LogP contribution in [0.15, 0.2) is 60.9 Å². The minimum absolute atomic E-state index is 0.0688. The third-order valence-electron chi connectivity index (χ3n) is 7.58. The maximum absolute atomic E-state index is 12.7. The normalized spacial score (nSPS) is 17.5. The number of carbonyl (C=O) groups is 3. The molecule has 2 amide bonds. The van der Waals surface area contributed by atoms with Crippen molar-refractivity contribution >= 4 is 29.5 Å². The number of pyridine rings is 2. The van der Waals surface area contributed by atoms with Crippen LogP contribution in [-0.4, -0.2) is 82.1 Å². The van der Waals surface area contributed by atoms with Crippen LogP contribution >= 0.6 is 0 Å². The van der Waals surface area contributed by atoms with Crippen molar-refractivity contribution in [1.29, 1.82) is 0 Å². The van der Waals surface area contributed by atoms with Crippen LogP contribution in [0.3, 0.4) is 0 Å². The Labute approximate surface area is 245 Å². The highest BCUT2D eigenvalue weighted by molar-refractivity contribution is 6.04. The van der Waals surface area contributed by atoms with Crippen LogP contribution in [0.1, 0.15) is 41.3 Å². The molecule has 0 spiro atoms. The number of hydrogen-bond donors (Lipinski definition) is 2. The Balaban J connectivity index is 1.06. The number of nitrogens with zero attached hydrogens (tertiary/aromatic N) is 5. The SMILES string of the molecule is CC1CCCN(Cc2ccc(C(=O)Nc3ccc(OC(=O)N4CCN(c5ccc(CC(=O)O)cn5)CC4)nc3)cc2)C1. The van der Waals surface area contributed by atoms with Crippen molar-refractivity contribution in [2.75, 3.05) is 49.5 Å². The van der Waals surface area contributed by atoms with Crippen LogP contribution in [0.2, 0.25) is 0 Å². The molecule has 4 heterocycles. The highest BCUT2D eigenvalue weighted by Crippen LogP contribution is 2.20. The minimum atomic E-state index is -0.899. The number of carboxylic acids is 1. The summed E-state index contributed by atoms with van der Waals surface area (Å²) in [6.45, 7) is 7.45. The summed E-state index contributed by atoms with van der Waals surface area (Å²) < 4.78 is 5.44. The number of piperazine rings is 1. The van der Waals surface area contributed by atoms with Crippen LogP contribution in [0, 0.1) is 5.92 Å². The molecule has 3 aromatic rings. The number of aliphatic carboxylic acids is 1. The van der Waals surface area contributed by atoms with E-state index in [1.807, 2.05) is 29.2 Å². The van der Waals surface area contributed by atoms with Gasteiger partial charge in [-0.3, -0.25) is 14.5 Å². The molecule has 2 saturated heterocycles. The van der Waals surface area contributed by atoms with E-state index in [4.69, 9.17) is 9.84 Å². The Morgan fingerprint density at radius 1 is 0.929 bits per heavy atom. The van der Waals surface area contributed by atoms with Crippen molar-refractivity contribution in [1.82, 2.24) is 19.8 Å². The average molecular weight is 573 g/mol. The fourth-order valence-corrected chi connectivity index (χ4v) is 5.32. The van der Waals surface area contributed by atoms with Gasteiger partial charge in [-0.15, -0.1) is 0 Å². The molecular weight excluding hydrogens is 536 g/mol. The third-order valence-corrected chi connectivity index (χ3v) is 7.58. The predicted octanol–water partition coefficient (Wildman–Crippen LogP) is 3.91. The zero-order valence-electron chi connectivity index (χ0n) is 23.7.